The van der Waals surface area contributed by atoms with E-state index in [0.717, 1.165) is 11.3 Å². The van der Waals surface area contributed by atoms with Crippen LogP contribution in [-0.2, 0) is 19.4 Å². The van der Waals surface area contributed by atoms with Gasteiger partial charge in [0.25, 0.3) is 0 Å². The van der Waals surface area contributed by atoms with Gasteiger partial charge in [-0.15, -0.1) is 0 Å². The average molecular weight is 421 g/mol. The summed E-state index contributed by atoms with van der Waals surface area (Å²) in [6.07, 6.45) is 3.73. The Bertz CT molecular complexity index is 880. The van der Waals surface area contributed by atoms with E-state index in [9.17, 15) is 14.3 Å². The van der Waals surface area contributed by atoms with Crippen LogP contribution in [0.15, 0.2) is 24.4 Å². The van der Waals surface area contributed by atoms with E-state index < -0.39 is 5.82 Å². The Morgan fingerprint density at radius 2 is 2.24 bits per heavy atom. The molecular weight excluding hydrogens is 395 g/mol. The summed E-state index contributed by atoms with van der Waals surface area (Å²) in [6, 6.07) is 4.09. The van der Waals surface area contributed by atoms with E-state index in [4.69, 9.17) is 11.6 Å². The standard InChI is InChI=1S/C21H26ClFN4O2/c1-3-18(14-4-5-16(22)17(23)9-14)26-21(29)27-7-6-15-10-24-20(8-13(2)12-28)25-19(15)11-27/h4-5,9-10,13,18,28H,3,6-8,11-12H2,1-2H3,(H,26,29)/t13-,18-/m1/s1. The number of amides is 2. The Morgan fingerprint density at radius 3 is 2.93 bits per heavy atom. The molecule has 2 amide bonds. The topological polar surface area (TPSA) is 78.4 Å². The Hall–Kier alpha value is -2.25. The molecule has 1 aliphatic heterocycles. The number of benzene rings is 1. The molecule has 1 aromatic carbocycles. The van der Waals surface area contributed by atoms with Crippen LogP contribution in [0, 0.1) is 11.7 Å². The third kappa shape index (κ3) is 5.22. The molecule has 0 aliphatic carbocycles. The number of nitrogens with zero attached hydrogens (tertiary/aromatic N) is 3. The van der Waals surface area contributed by atoms with Gasteiger partial charge in [-0.1, -0.05) is 31.5 Å². The van der Waals surface area contributed by atoms with Crippen LogP contribution in [0.4, 0.5) is 9.18 Å². The normalized spacial score (nSPS) is 15.6. The first-order chi connectivity index (χ1) is 13.9. The minimum Gasteiger partial charge on any atom is -0.396 e. The van der Waals surface area contributed by atoms with Crippen molar-refractivity contribution in [2.75, 3.05) is 13.2 Å². The maximum Gasteiger partial charge on any atom is 0.318 e. The molecule has 2 N–H and O–H groups in total. The first-order valence-corrected chi connectivity index (χ1v) is 10.2. The van der Waals surface area contributed by atoms with Gasteiger partial charge in [0.2, 0.25) is 0 Å². The maximum atomic E-state index is 13.8. The first-order valence-electron chi connectivity index (χ1n) is 9.86. The van der Waals surface area contributed by atoms with E-state index in [1.54, 1.807) is 11.0 Å². The number of halogens is 2. The second kappa shape index (κ2) is 9.50. The van der Waals surface area contributed by atoms with Gasteiger partial charge in [0.1, 0.15) is 11.6 Å². The van der Waals surface area contributed by atoms with Crippen molar-refractivity contribution in [3.8, 4) is 0 Å². The molecule has 0 bridgehead atoms. The number of aliphatic hydroxyl groups is 1. The van der Waals surface area contributed by atoms with Crippen LogP contribution < -0.4 is 5.32 Å². The summed E-state index contributed by atoms with van der Waals surface area (Å²) in [5, 5.41) is 12.3. The molecule has 3 rings (SSSR count). The molecule has 0 radical (unpaired) electrons. The van der Waals surface area contributed by atoms with Gasteiger partial charge in [0, 0.05) is 25.8 Å². The lowest BCUT2D eigenvalue weighted by molar-refractivity contribution is 0.186. The van der Waals surface area contributed by atoms with E-state index >= 15 is 0 Å². The van der Waals surface area contributed by atoms with Crippen LogP contribution in [-0.4, -0.2) is 39.2 Å². The highest BCUT2D eigenvalue weighted by molar-refractivity contribution is 6.30. The fourth-order valence-electron chi connectivity index (χ4n) is 3.38. The highest BCUT2D eigenvalue weighted by atomic mass is 35.5. The fourth-order valence-corrected chi connectivity index (χ4v) is 3.50. The fraction of sp³-hybridized carbons (Fsp3) is 0.476. The second-order valence-corrected chi connectivity index (χ2v) is 7.91. The molecule has 29 heavy (non-hydrogen) atoms. The number of nitrogens with one attached hydrogen (secondary N) is 1. The smallest absolute Gasteiger partial charge is 0.318 e. The predicted octanol–water partition coefficient (Wildman–Crippen LogP) is 3.66. The molecule has 0 saturated heterocycles. The molecule has 156 valence electrons. The zero-order valence-corrected chi connectivity index (χ0v) is 17.4. The van der Waals surface area contributed by atoms with Crippen molar-refractivity contribution >= 4 is 17.6 Å². The molecule has 2 heterocycles. The van der Waals surface area contributed by atoms with E-state index in [0.29, 0.717) is 43.7 Å². The van der Waals surface area contributed by atoms with Crippen LogP contribution in [0.25, 0.3) is 0 Å². The second-order valence-electron chi connectivity index (χ2n) is 7.51. The van der Waals surface area contributed by atoms with Gasteiger partial charge < -0.3 is 15.3 Å². The summed E-state index contributed by atoms with van der Waals surface area (Å²) >= 11 is 5.76. The van der Waals surface area contributed by atoms with Crippen molar-refractivity contribution in [1.82, 2.24) is 20.2 Å². The number of hydrogen-bond acceptors (Lipinski definition) is 4. The zero-order valence-electron chi connectivity index (χ0n) is 16.7. The van der Waals surface area contributed by atoms with Crippen LogP contribution in [0.3, 0.4) is 0 Å². The summed E-state index contributed by atoms with van der Waals surface area (Å²) in [7, 11) is 0. The summed E-state index contributed by atoms with van der Waals surface area (Å²) in [5.74, 6) is 0.266. The molecule has 8 heteroatoms. The third-order valence-electron chi connectivity index (χ3n) is 5.18. The minimum absolute atomic E-state index is 0.0635. The lowest BCUT2D eigenvalue weighted by Gasteiger charge is -2.30. The van der Waals surface area contributed by atoms with Crippen LogP contribution in [0.2, 0.25) is 5.02 Å². The van der Waals surface area contributed by atoms with E-state index in [2.05, 4.69) is 15.3 Å². The summed E-state index contributed by atoms with van der Waals surface area (Å²) in [5.41, 5.74) is 2.57. The summed E-state index contributed by atoms with van der Waals surface area (Å²) in [4.78, 5) is 23.5. The number of urea groups is 1. The molecule has 1 aliphatic rings. The molecule has 0 spiro atoms. The Labute approximate surface area is 175 Å². The highest BCUT2D eigenvalue weighted by Crippen LogP contribution is 2.23. The van der Waals surface area contributed by atoms with Gasteiger partial charge in [-0.25, -0.2) is 19.2 Å². The number of hydrogen-bond donors (Lipinski definition) is 2. The van der Waals surface area contributed by atoms with Gasteiger partial charge in [-0.2, -0.15) is 0 Å². The highest BCUT2D eigenvalue weighted by Gasteiger charge is 2.25. The number of aromatic nitrogens is 2. The summed E-state index contributed by atoms with van der Waals surface area (Å²) in [6.45, 7) is 4.92. The zero-order chi connectivity index (χ0) is 21.0. The van der Waals surface area contributed by atoms with E-state index in [1.165, 1.54) is 12.1 Å². The Kier molecular flexibility index (Phi) is 7.03. The first kappa shape index (κ1) is 21.5. The van der Waals surface area contributed by atoms with Crippen molar-refractivity contribution in [2.24, 2.45) is 5.92 Å². The van der Waals surface area contributed by atoms with E-state index in [-0.39, 0.29) is 29.6 Å². The van der Waals surface area contributed by atoms with Crippen molar-refractivity contribution < 1.29 is 14.3 Å². The number of fused-ring (bicyclic) bond motifs is 1. The van der Waals surface area contributed by atoms with Crippen molar-refractivity contribution in [3.05, 3.63) is 57.9 Å². The number of rotatable bonds is 6. The Balaban J connectivity index is 1.69. The van der Waals surface area contributed by atoms with Crippen molar-refractivity contribution in [2.45, 2.75) is 45.7 Å². The van der Waals surface area contributed by atoms with Crippen LogP contribution in [0.5, 0.6) is 0 Å². The number of carbonyl (C=O) groups excluding carboxylic acids is 1. The number of carbonyl (C=O) groups is 1. The van der Waals surface area contributed by atoms with Gasteiger partial charge in [0.05, 0.1) is 23.3 Å². The maximum absolute atomic E-state index is 13.8. The third-order valence-corrected chi connectivity index (χ3v) is 5.48. The molecule has 0 fully saturated rings. The monoisotopic (exact) mass is 420 g/mol. The average Bonchev–Trinajstić information content (AvgIpc) is 2.73. The molecule has 0 saturated carbocycles. The van der Waals surface area contributed by atoms with E-state index in [1.807, 2.05) is 20.0 Å². The quantitative estimate of drug-likeness (QED) is 0.747. The minimum atomic E-state index is -0.495. The van der Waals surface area contributed by atoms with Gasteiger partial charge in [0.15, 0.2) is 0 Å². The van der Waals surface area contributed by atoms with Crippen molar-refractivity contribution in [3.63, 3.8) is 0 Å². The van der Waals surface area contributed by atoms with Gasteiger partial charge >= 0.3 is 6.03 Å². The SMILES string of the molecule is CC[C@@H](NC(=O)N1CCc2cnc(C[C@@H](C)CO)nc2C1)c1ccc(Cl)c(F)c1. The molecule has 0 unspecified atom stereocenters. The van der Waals surface area contributed by atoms with Crippen LogP contribution >= 0.6 is 11.6 Å². The van der Waals surface area contributed by atoms with Crippen molar-refractivity contribution in [1.29, 1.82) is 0 Å². The molecule has 6 nitrogen and oxygen atoms in total. The summed E-state index contributed by atoms with van der Waals surface area (Å²) < 4.78 is 13.8. The van der Waals surface area contributed by atoms with Gasteiger partial charge in [-0.3, -0.25) is 0 Å². The molecule has 2 atom stereocenters. The molecular formula is C21H26ClFN4O2. The predicted molar refractivity (Wildman–Crippen MR) is 109 cm³/mol. The lowest BCUT2D eigenvalue weighted by Crippen LogP contribution is -2.44. The lowest BCUT2D eigenvalue weighted by atomic mass is 10.0. The van der Waals surface area contributed by atoms with Crippen LogP contribution in [0.1, 0.15) is 49.0 Å². The molecule has 2 aromatic rings. The molecule has 1 aromatic heterocycles. The van der Waals surface area contributed by atoms with Gasteiger partial charge in [-0.05, 0) is 42.0 Å². The Morgan fingerprint density at radius 1 is 1.45 bits per heavy atom. The largest absolute Gasteiger partial charge is 0.396 e. The number of aliphatic hydroxyl groups excluding tert-OH is 1.